The zero-order valence-corrected chi connectivity index (χ0v) is 9.55. The lowest BCUT2D eigenvalue weighted by Crippen LogP contribution is -2.17. The van der Waals surface area contributed by atoms with Crippen molar-refractivity contribution in [2.24, 2.45) is 5.92 Å². The highest BCUT2D eigenvalue weighted by atomic mass is 16.5. The van der Waals surface area contributed by atoms with Crippen LogP contribution in [0.15, 0.2) is 0 Å². The molecule has 1 unspecified atom stereocenters. The molecule has 0 aromatic heterocycles. The van der Waals surface area contributed by atoms with Crippen LogP contribution < -0.4 is 0 Å². The Labute approximate surface area is 88.0 Å². The van der Waals surface area contributed by atoms with Crippen molar-refractivity contribution in [1.82, 2.24) is 0 Å². The van der Waals surface area contributed by atoms with Crippen LogP contribution in [-0.2, 0) is 9.53 Å². The molecule has 0 aliphatic carbocycles. The van der Waals surface area contributed by atoms with Crippen molar-refractivity contribution in [2.45, 2.75) is 52.4 Å². The fourth-order valence-corrected chi connectivity index (χ4v) is 1.33. The third-order valence-corrected chi connectivity index (χ3v) is 2.37. The van der Waals surface area contributed by atoms with E-state index in [0.29, 0.717) is 6.61 Å². The van der Waals surface area contributed by atoms with Crippen molar-refractivity contribution < 1.29 is 9.53 Å². The number of hydrogen-bond donors (Lipinski definition) is 0. The fourth-order valence-electron chi connectivity index (χ4n) is 1.33. The summed E-state index contributed by atoms with van der Waals surface area (Å²) in [5, 5.41) is 0. The Hall–Kier alpha value is -0.530. The molecule has 0 N–H and O–H groups in total. The molecule has 2 nitrogen and oxygen atoms in total. The van der Waals surface area contributed by atoms with Crippen molar-refractivity contribution in [3.8, 4) is 0 Å². The van der Waals surface area contributed by atoms with Gasteiger partial charge in [0.2, 0.25) is 0 Å². The molecule has 0 saturated heterocycles. The largest absolute Gasteiger partial charge is 0.465 e. The van der Waals surface area contributed by atoms with Gasteiger partial charge in [-0.2, -0.15) is 0 Å². The molecule has 0 fully saturated rings. The topological polar surface area (TPSA) is 26.3 Å². The van der Waals surface area contributed by atoms with Gasteiger partial charge in [-0.05, 0) is 19.3 Å². The molecule has 0 rings (SSSR count). The molecule has 0 amide bonds. The standard InChI is InChI=1S/C12H23O2/c1-4-7-9-11(6-3)12(13)14-10-8-5-2/h11H,2,4-10H2,1,3H3. The van der Waals surface area contributed by atoms with E-state index in [4.69, 9.17) is 4.74 Å². The lowest BCUT2D eigenvalue weighted by molar-refractivity contribution is -0.149. The fraction of sp³-hybridized carbons (Fsp3) is 0.833. The molecule has 0 aliphatic heterocycles. The van der Waals surface area contributed by atoms with Crippen molar-refractivity contribution in [3.63, 3.8) is 0 Å². The van der Waals surface area contributed by atoms with E-state index in [-0.39, 0.29) is 11.9 Å². The molecule has 2 heteroatoms. The molecule has 0 aromatic rings. The first-order chi connectivity index (χ1) is 6.76. The molecule has 0 saturated carbocycles. The van der Waals surface area contributed by atoms with Crippen LogP contribution in [-0.4, -0.2) is 12.6 Å². The molecule has 0 spiro atoms. The highest BCUT2D eigenvalue weighted by molar-refractivity contribution is 5.72. The van der Waals surface area contributed by atoms with Crippen LogP contribution in [0.3, 0.4) is 0 Å². The van der Waals surface area contributed by atoms with Gasteiger partial charge in [0, 0.05) is 0 Å². The molecule has 0 aromatic carbocycles. The Morgan fingerprint density at radius 3 is 2.57 bits per heavy atom. The molecule has 0 heterocycles. The molecule has 0 aliphatic rings. The van der Waals surface area contributed by atoms with Gasteiger partial charge >= 0.3 is 5.97 Å². The van der Waals surface area contributed by atoms with Gasteiger partial charge in [0.1, 0.15) is 0 Å². The van der Waals surface area contributed by atoms with Crippen LogP contribution in [0.1, 0.15) is 52.4 Å². The number of unbranched alkanes of at least 4 members (excludes halogenated alkanes) is 2. The molecule has 1 atom stereocenters. The summed E-state index contributed by atoms with van der Waals surface area (Å²) in [6, 6.07) is 0. The van der Waals surface area contributed by atoms with Gasteiger partial charge in [-0.15, -0.1) is 0 Å². The molecule has 14 heavy (non-hydrogen) atoms. The van der Waals surface area contributed by atoms with Crippen molar-refractivity contribution >= 4 is 5.97 Å². The van der Waals surface area contributed by atoms with Gasteiger partial charge in [-0.25, -0.2) is 0 Å². The summed E-state index contributed by atoms with van der Waals surface area (Å²) < 4.78 is 5.15. The molecule has 1 radical (unpaired) electrons. The van der Waals surface area contributed by atoms with E-state index in [1.807, 2.05) is 6.92 Å². The monoisotopic (exact) mass is 199 g/mol. The first-order valence-corrected chi connectivity index (χ1v) is 5.72. The third kappa shape index (κ3) is 6.01. The number of carbonyl (C=O) groups is 1. The minimum atomic E-state index is -0.0191. The van der Waals surface area contributed by atoms with Crippen LogP contribution in [0.5, 0.6) is 0 Å². The second-order valence-corrected chi connectivity index (χ2v) is 3.62. The van der Waals surface area contributed by atoms with Crippen LogP contribution in [0.25, 0.3) is 0 Å². The first-order valence-electron chi connectivity index (χ1n) is 5.72. The van der Waals surface area contributed by atoms with E-state index in [1.54, 1.807) is 0 Å². The van der Waals surface area contributed by atoms with Gasteiger partial charge in [0.05, 0.1) is 12.5 Å². The predicted octanol–water partition coefficient (Wildman–Crippen LogP) is 3.36. The Bertz CT molecular complexity index is 143. The number of esters is 1. The van der Waals surface area contributed by atoms with Crippen LogP contribution in [0, 0.1) is 12.8 Å². The minimum absolute atomic E-state index is 0.0191. The quantitative estimate of drug-likeness (QED) is 0.442. The normalized spacial score (nSPS) is 12.5. The van der Waals surface area contributed by atoms with Gasteiger partial charge in [-0.3, -0.25) is 4.79 Å². The maximum Gasteiger partial charge on any atom is 0.308 e. The average molecular weight is 199 g/mol. The SMILES string of the molecule is [CH2]CCCOC(=O)C(CC)CCCC. The van der Waals surface area contributed by atoms with E-state index >= 15 is 0 Å². The second kappa shape index (κ2) is 9.04. The molecule has 83 valence electrons. The molecule has 0 bridgehead atoms. The van der Waals surface area contributed by atoms with E-state index in [1.165, 1.54) is 0 Å². The number of carbonyl (C=O) groups excluding carboxylic acids is 1. The lowest BCUT2D eigenvalue weighted by atomic mass is 10.00. The highest BCUT2D eigenvalue weighted by Crippen LogP contribution is 2.14. The Morgan fingerprint density at radius 2 is 2.07 bits per heavy atom. The Morgan fingerprint density at radius 1 is 1.36 bits per heavy atom. The smallest absolute Gasteiger partial charge is 0.308 e. The van der Waals surface area contributed by atoms with Crippen molar-refractivity contribution in [3.05, 3.63) is 6.92 Å². The Kier molecular flexibility index (Phi) is 8.70. The van der Waals surface area contributed by atoms with E-state index in [0.717, 1.165) is 38.5 Å². The molecular formula is C12H23O2. The van der Waals surface area contributed by atoms with Crippen LogP contribution in [0.4, 0.5) is 0 Å². The summed E-state index contributed by atoms with van der Waals surface area (Å²) in [5.74, 6) is 0.0918. The summed E-state index contributed by atoms with van der Waals surface area (Å²) in [7, 11) is 0. The number of rotatable bonds is 8. The lowest BCUT2D eigenvalue weighted by Gasteiger charge is -2.13. The minimum Gasteiger partial charge on any atom is -0.465 e. The zero-order valence-electron chi connectivity index (χ0n) is 9.55. The van der Waals surface area contributed by atoms with Crippen LogP contribution >= 0.6 is 0 Å². The summed E-state index contributed by atoms with van der Waals surface area (Å²) >= 11 is 0. The van der Waals surface area contributed by atoms with Crippen molar-refractivity contribution in [2.75, 3.05) is 6.61 Å². The second-order valence-electron chi connectivity index (χ2n) is 3.62. The van der Waals surface area contributed by atoms with E-state index < -0.39 is 0 Å². The third-order valence-electron chi connectivity index (χ3n) is 2.37. The first kappa shape index (κ1) is 13.5. The number of hydrogen-bond acceptors (Lipinski definition) is 2. The van der Waals surface area contributed by atoms with E-state index in [9.17, 15) is 4.79 Å². The molecular weight excluding hydrogens is 176 g/mol. The summed E-state index contributed by atoms with van der Waals surface area (Å²) in [4.78, 5) is 11.5. The number of ether oxygens (including phenoxy) is 1. The summed E-state index contributed by atoms with van der Waals surface area (Å²) in [6.45, 7) is 8.42. The summed E-state index contributed by atoms with van der Waals surface area (Å²) in [6.07, 6.45) is 5.82. The average Bonchev–Trinajstić information content (AvgIpc) is 2.19. The highest BCUT2D eigenvalue weighted by Gasteiger charge is 2.16. The van der Waals surface area contributed by atoms with Gasteiger partial charge < -0.3 is 4.74 Å². The maximum absolute atomic E-state index is 11.5. The maximum atomic E-state index is 11.5. The summed E-state index contributed by atoms with van der Waals surface area (Å²) in [5.41, 5.74) is 0. The van der Waals surface area contributed by atoms with E-state index in [2.05, 4.69) is 13.8 Å². The Balaban J connectivity index is 3.67. The predicted molar refractivity (Wildman–Crippen MR) is 58.9 cm³/mol. The van der Waals surface area contributed by atoms with Crippen LogP contribution in [0.2, 0.25) is 0 Å². The zero-order chi connectivity index (χ0) is 10.8. The van der Waals surface area contributed by atoms with Crippen molar-refractivity contribution in [1.29, 1.82) is 0 Å². The van der Waals surface area contributed by atoms with Gasteiger partial charge in [0.15, 0.2) is 0 Å². The van der Waals surface area contributed by atoms with Gasteiger partial charge in [-0.1, -0.05) is 40.0 Å². The van der Waals surface area contributed by atoms with Gasteiger partial charge in [0.25, 0.3) is 0 Å².